The first-order valence-corrected chi connectivity index (χ1v) is 17.6. The summed E-state index contributed by atoms with van der Waals surface area (Å²) in [7, 11) is 0. The van der Waals surface area contributed by atoms with Gasteiger partial charge in [0.25, 0.3) is 5.91 Å². The molecule has 0 aromatic heterocycles. The molecule has 264 valence electrons. The van der Waals surface area contributed by atoms with Crippen LogP contribution in [0.2, 0.25) is 0 Å². The zero-order valence-electron chi connectivity index (χ0n) is 29.6. The lowest BCUT2D eigenvalue weighted by molar-refractivity contribution is -0.148. The van der Waals surface area contributed by atoms with Gasteiger partial charge in [0.05, 0.1) is 36.7 Å². The molecule has 0 saturated carbocycles. The summed E-state index contributed by atoms with van der Waals surface area (Å²) in [5, 5.41) is 10.5. The number of amides is 3. The van der Waals surface area contributed by atoms with Crippen molar-refractivity contribution >= 4 is 34.8 Å². The first kappa shape index (κ1) is 36.1. The highest BCUT2D eigenvalue weighted by molar-refractivity contribution is 6.07. The van der Waals surface area contributed by atoms with Crippen LogP contribution >= 0.6 is 0 Å². The quantitative estimate of drug-likeness (QED) is 0.245. The summed E-state index contributed by atoms with van der Waals surface area (Å²) in [6.45, 7) is 20.1. The van der Waals surface area contributed by atoms with Crippen LogP contribution in [-0.2, 0) is 19.1 Å². The standard InChI is InChI=1S/C39H52N4O6/c1-8-24-41(30-18-20-31(21-19-30)48-13-6)35(45)32-33-36(46)43(27(10-3)26-44)34(39(33)23-22-38(32,7)49-39)37(47)42(25-9-2)29-16-14-28(15-17-29)40(11-4)12-5/h8-9,14-21,27,32-34,44H,1-2,10-13,22-26H2,3-7H3/t27-,32+,33-,34?,38-,39?/m0/s1. The molecule has 2 bridgehead atoms. The van der Waals surface area contributed by atoms with Crippen molar-refractivity contribution in [3.63, 3.8) is 0 Å². The SMILES string of the molecule is C=CCN(C(=O)C1N([C@@H](CC)CO)C(=O)[C@@H]2[C@H](C(=O)N(CC=C)c3ccc(OCC)cc3)[C@]3(C)CCC12O3)c1ccc(N(CC)CC)cc1. The molecule has 0 radical (unpaired) electrons. The smallest absolute Gasteiger partial charge is 0.253 e. The third-order valence-electron chi connectivity index (χ3n) is 10.7. The highest BCUT2D eigenvalue weighted by Gasteiger charge is 2.79. The van der Waals surface area contributed by atoms with Crippen LogP contribution in [0.1, 0.15) is 53.9 Å². The van der Waals surface area contributed by atoms with Gasteiger partial charge in [-0.2, -0.15) is 0 Å². The third-order valence-corrected chi connectivity index (χ3v) is 10.7. The summed E-state index contributed by atoms with van der Waals surface area (Å²) in [5.41, 5.74) is 0.152. The second kappa shape index (κ2) is 14.8. The van der Waals surface area contributed by atoms with E-state index in [9.17, 15) is 14.7 Å². The van der Waals surface area contributed by atoms with Gasteiger partial charge >= 0.3 is 0 Å². The van der Waals surface area contributed by atoms with E-state index in [-0.39, 0.29) is 37.4 Å². The molecule has 3 fully saturated rings. The Hall–Kier alpha value is -4.15. The second-order valence-electron chi connectivity index (χ2n) is 13.3. The van der Waals surface area contributed by atoms with Gasteiger partial charge in [-0.25, -0.2) is 0 Å². The van der Waals surface area contributed by atoms with Gasteiger partial charge in [0.1, 0.15) is 17.4 Å². The molecule has 49 heavy (non-hydrogen) atoms. The number of aliphatic hydroxyl groups excluding tert-OH is 1. The van der Waals surface area contributed by atoms with E-state index < -0.39 is 35.1 Å². The monoisotopic (exact) mass is 672 g/mol. The summed E-state index contributed by atoms with van der Waals surface area (Å²) in [4.78, 5) is 51.6. The van der Waals surface area contributed by atoms with Gasteiger partial charge in [-0.15, -0.1) is 13.2 Å². The number of rotatable bonds is 16. The Balaban J connectivity index is 1.57. The zero-order chi connectivity index (χ0) is 35.5. The number of hydrogen-bond donors (Lipinski definition) is 1. The molecule has 2 aromatic carbocycles. The number of carbonyl (C=O) groups excluding carboxylic acids is 3. The number of likely N-dealkylation sites (tertiary alicyclic amines) is 1. The number of anilines is 3. The first-order chi connectivity index (χ1) is 23.6. The van der Waals surface area contributed by atoms with E-state index in [1.54, 1.807) is 22.0 Å². The predicted molar refractivity (Wildman–Crippen MR) is 193 cm³/mol. The number of ether oxygens (including phenoxy) is 2. The van der Waals surface area contributed by atoms with Crippen molar-refractivity contribution in [2.24, 2.45) is 11.8 Å². The molecule has 3 heterocycles. The van der Waals surface area contributed by atoms with Gasteiger partial charge in [-0.05, 0) is 95.5 Å². The molecular formula is C39H52N4O6. The largest absolute Gasteiger partial charge is 0.494 e. The summed E-state index contributed by atoms with van der Waals surface area (Å²) < 4.78 is 12.5. The average Bonchev–Trinajstić information content (AvgIpc) is 3.68. The minimum Gasteiger partial charge on any atom is -0.494 e. The first-order valence-electron chi connectivity index (χ1n) is 17.6. The topological polar surface area (TPSA) is 103 Å². The van der Waals surface area contributed by atoms with Gasteiger partial charge in [0, 0.05) is 43.2 Å². The molecule has 3 aliphatic heterocycles. The molecule has 10 nitrogen and oxygen atoms in total. The van der Waals surface area contributed by atoms with Crippen LogP contribution in [0, 0.1) is 11.8 Å². The van der Waals surface area contributed by atoms with Crippen LogP contribution in [0.15, 0.2) is 73.8 Å². The summed E-state index contributed by atoms with van der Waals surface area (Å²) in [6.07, 6.45) is 4.70. The van der Waals surface area contributed by atoms with Crippen LogP contribution in [0.5, 0.6) is 5.75 Å². The molecule has 1 spiro atoms. The highest BCUT2D eigenvalue weighted by Crippen LogP contribution is 2.64. The van der Waals surface area contributed by atoms with Crippen molar-refractivity contribution in [3.8, 4) is 5.75 Å². The summed E-state index contributed by atoms with van der Waals surface area (Å²) >= 11 is 0. The number of carbonyl (C=O) groups is 3. The highest BCUT2D eigenvalue weighted by atomic mass is 16.5. The fourth-order valence-electron chi connectivity index (χ4n) is 8.37. The van der Waals surface area contributed by atoms with Crippen LogP contribution < -0.4 is 19.4 Å². The Labute approximate surface area is 290 Å². The number of aliphatic hydroxyl groups is 1. The molecule has 3 amide bonds. The lowest BCUT2D eigenvalue weighted by Gasteiger charge is -2.39. The molecule has 10 heteroatoms. The predicted octanol–water partition coefficient (Wildman–Crippen LogP) is 5.21. The van der Waals surface area contributed by atoms with Gasteiger partial charge in [0.15, 0.2) is 0 Å². The number of fused-ring (bicyclic) bond motifs is 1. The van der Waals surface area contributed by atoms with E-state index in [4.69, 9.17) is 9.47 Å². The number of nitrogens with zero attached hydrogens (tertiary/aromatic N) is 4. The van der Waals surface area contributed by atoms with Crippen molar-refractivity contribution in [2.75, 3.05) is 54.1 Å². The fourth-order valence-corrected chi connectivity index (χ4v) is 8.37. The molecule has 2 unspecified atom stereocenters. The van der Waals surface area contributed by atoms with E-state index in [2.05, 4.69) is 31.9 Å². The molecule has 3 saturated heterocycles. The van der Waals surface area contributed by atoms with Crippen molar-refractivity contribution in [1.29, 1.82) is 0 Å². The Morgan fingerprint density at radius 2 is 1.49 bits per heavy atom. The lowest BCUT2D eigenvalue weighted by atomic mass is 9.66. The van der Waals surface area contributed by atoms with Crippen molar-refractivity contribution in [3.05, 3.63) is 73.8 Å². The van der Waals surface area contributed by atoms with E-state index in [0.717, 1.165) is 18.8 Å². The van der Waals surface area contributed by atoms with Gasteiger partial charge in [-0.3, -0.25) is 14.4 Å². The zero-order valence-corrected chi connectivity index (χ0v) is 29.6. The van der Waals surface area contributed by atoms with Crippen LogP contribution in [0.25, 0.3) is 0 Å². The fraction of sp³-hybridized carbons (Fsp3) is 0.513. The van der Waals surface area contributed by atoms with Gasteiger partial charge < -0.3 is 34.2 Å². The Kier molecular flexibility index (Phi) is 10.9. The molecule has 2 aromatic rings. The minimum absolute atomic E-state index is 0.211. The number of hydrogen-bond acceptors (Lipinski definition) is 7. The van der Waals surface area contributed by atoms with Crippen LogP contribution in [-0.4, -0.2) is 90.4 Å². The van der Waals surface area contributed by atoms with Crippen LogP contribution in [0.3, 0.4) is 0 Å². The maximum Gasteiger partial charge on any atom is 0.253 e. The van der Waals surface area contributed by atoms with Gasteiger partial charge in [0.2, 0.25) is 11.8 Å². The normalized spacial score (nSPS) is 25.9. The van der Waals surface area contributed by atoms with E-state index in [1.165, 1.54) is 4.90 Å². The second-order valence-corrected chi connectivity index (χ2v) is 13.3. The Morgan fingerprint density at radius 3 is 2.00 bits per heavy atom. The van der Waals surface area contributed by atoms with E-state index in [1.807, 2.05) is 69.3 Å². The van der Waals surface area contributed by atoms with E-state index >= 15 is 4.79 Å². The van der Waals surface area contributed by atoms with Gasteiger partial charge in [-0.1, -0.05) is 19.1 Å². The average molecular weight is 673 g/mol. The maximum absolute atomic E-state index is 15.0. The molecule has 0 aliphatic carbocycles. The summed E-state index contributed by atoms with van der Waals surface area (Å²) in [5.74, 6) is -1.97. The molecule has 6 atom stereocenters. The van der Waals surface area contributed by atoms with Crippen molar-refractivity contribution in [2.45, 2.75) is 77.2 Å². The van der Waals surface area contributed by atoms with Crippen molar-refractivity contribution < 1.29 is 29.0 Å². The Morgan fingerprint density at radius 1 is 0.939 bits per heavy atom. The molecule has 1 N–H and O–H groups in total. The molecule has 5 rings (SSSR count). The molecule has 3 aliphatic rings. The van der Waals surface area contributed by atoms with Crippen molar-refractivity contribution in [1.82, 2.24) is 4.90 Å². The minimum atomic E-state index is -1.24. The molecular weight excluding hydrogens is 620 g/mol. The number of benzene rings is 2. The van der Waals surface area contributed by atoms with E-state index in [0.29, 0.717) is 43.0 Å². The Bertz CT molecular complexity index is 1520. The lowest BCUT2D eigenvalue weighted by Crippen LogP contribution is -2.59. The third kappa shape index (κ3) is 6.14. The summed E-state index contributed by atoms with van der Waals surface area (Å²) in [6, 6.07) is 13.4. The maximum atomic E-state index is 15.0. The van der Waals surface area contributed by atoms with Crippen LogP contribution in [0.4, 0.5) is 17.1 Å².